The molecule has 2 N–H and O–H groups in total. The van der Waals surface area contributed by atoms with Crippen molar-refractivity contribution in [2.45, 2.75) is 45.8 Å². The van der Waals surface area contributed by atoms with Crippen molar-refractivity contribution >= 4 is 30.7 Å². The van der Waals surface area contributed by atoms with E-state index in [1.54, 1.807) is 0 Å². The number of phenols is 1. The van der Waals surface area contributed by atoms with Crippen LogP contribution in [0.5, 0.6) is 5.75 Å². The normalized spacial score (nSPS) is 19.2. The van der Waals surface area contributed by atoms with Crippen LogP contribution in [0, 0.1) is 5.82 Å². The number of aromatic hydroxyl groups is 1. The molecule has 0 saturated carbocycles. The van der Waals surface area contributed by atoms with E-state index < -0.39 is 29.9 Å². The summed E-state index contributed by atoms with van der Waals surface area (Å²) in [6.07, 6.45) is 1.52. The molecule has 0 unspecified atom stereocenters. The molecule has 1 amide bonds. The second-order valence-electron chi connectivity index (χ2n) is 7.04. The molecule has 1 saturated heterocycles. The summed E-state index contributed by atoms with van der Waals surface area (Å²) in [5, 5.41) is 12.8. The number of phenolic OH excluding ortho intramolecular Hbond substituents is 1. The largest absolute Gasteiger partial charge is 0.504 e. The van der Waals surface area contributed by atoms with Crippen LogP contribution in [0.2, 0.25) is 5.02 Å². The number of hydrogen-bond donors (Lipinski definition) is 2. The molecule has 5 nitrogen and oxygen atoms in total. The first-order chi connectivity index (χ1) is 11.4. The first-order valence-electron chi connectivity index (χ1n) is 7.91. The standard InChI is InChI=1S/C17H22BClFNO4/c1-10(22)21-9-12(18-24-16(2,3)17(4,5)25-18)6-11-7-13(19)8-14(20)15(11)23/h6-8,23H,9H2,1-5H3,(H,21,22). The predicted octanol–water partition coefficient (Wildman–Crippen LogP) is 3.34. The second-order valence-corrected chi connectivity index (χ2v) is 7.48. The van der Waals surface area contributed by atoms with Crippen LogP contribution in [0.25, 0.3) is 6.08 Å². The van der Waals surface area contributed by atoms with Crippen LogP contribution in [0.3, 0.4) is 0 Å². The lowest BCUT2D eigenvalue weighted by Gasteiger charge is -2.32. The van der Waals surface area contributed by atoms with Crippen LogP contribution in [0.4, 0.5) is 4.39 Å². The van der Waals surface area contributed by atoms with Gasteiger partial charge in [-0.05, 0) is 45.3 Å². The van der Waals surface area contributed by atoms with Crippen molar-refractivity contribution in [2.24, 2.45) is 0 Å². The summed E-state index contributed by atoms with van der Waals surface area (Å²) < 4.78 is 25.7. The molecular formula is C17H22BClFNO4. The zero-order valence-electron chi connectivity index (χ0n) is 14.9. The third-order valence-electron chi connectivity index (χ3n) is 4.50. The Balaban J connectivity index is 2.42. The molecule has 1 heterocycles. The third-order valence-corrected chi connectivity index (χ3v) is 4.71. The summed E-state index contributed by atoms with van der Waals surface area (Å²) in [6.45, 7) is 9.12. The van der Waals surface area contributed by atoms with Gasteiger partial charge in [0, 0.05) is 24.1 Å². The SMILES string of the molecule is CC(=O)NCC(=Cc1cc(Cl)cc(F)c1O)B1OC(C)(C)C(C)(C)O1. The molecule has 2 rings (SSSR count). The monoisotopic (exact) mass is 369 g/mol. The van der Waals surface area contributed by atoms with E-state index in [1.165, 1.54) is 19.1 Å². The Morgan fingerprint density at radius 2 is 1.88 bits per heavy atom. The Morgan fingerprint density at radius 3 is 2.40 bits per heavy atom. The predicted molar refractivity (Wildman–Crippen MR) is 95.8 cm³/mol. The molecular weight excluding hydrogens is 347 g/mol. The molecule has 0 radical (unpaired) electrons. The lowest BCUT2D eigenvalue weighted by Crippen LogP contribution is -2.41. The van der Waals surface area contributed by atoms with E-state index in [1.807, 2.05) is 27.7 Å². The highest BCUT2D eigenvalue weighted by atomic mass is 35.5. The van der Waals surface area contributed by atoms with Crippen LogP contribution in [0.1, 0.15) is 40.2 Å². The maximum Gasteiger partial charge on any atom is 0.492 e. The molecule has 8 heteroatoms. The molecule has 0 spiro atoms. The number of halogens is 2. The highest BCUT2D eigenvalue weighted by Crippen LogP contribution is 2.39. The number of carbonyl (C=O) groups excluding carboxylic acids is 1. The maximum atomic E-state index is 13.7. The maximum absolute atomic E-state index is 13.7. The molecule has 25 heavy (non-hydrogen) atoms. The number of carbonyl (C=O) groups is 1. The van der Waals surface area contributed by atoms with Gasteiger partial charge in [-0.2, -0.15) is 0 Å². The van der Waals surface area contributed by atoms with Crippen LogP contribution < -0.4 is 5.32 Å². The summed E-state index contributed by atoms with van der Waals surface area (Å²) in [5.74, 6) is -1.59. The fraction of sp³-hybridized carbons (Fsp3) is 0.471. The summed E-state index contributed by atoms with van der Waals surface area (Å²) in [4.78, 5) is 11.3. The highest BCUT2D eigenvalue weighted by Gasteiger charge is 2.52. The van der Waals surface area contributed by atoms with Gasteiger partial charge in [-0.15, -0.1) is 0 Å². The van der Waals surface area contributed by atoms with Gasteiger partial charge in [-0.1, -0.05) is 17.7 Å². The zero-order valence-corrected chi connectivity index (χ0v) is 15.7. The van der Waals surface area contributed by atoms with Crippen molar-refractivity contribution in [2.75, 3.05) is 6.54 Å². The first-order valence-corrected chi connectivity index (χ1v) is 8.29. The van der Waals surface area contributed by atoms with E-state index >= 15 is 0 Å². The van der Waals surface area contributed by atoms with Crippen LogP contribution >= 0.6 is 11.6 Å². The summed E-state index contributed by atoms with van der Waals surface area (Å²) >= 11 is 5.87. The van der Waals surface area contributed by atoms with Crippen LogP contribution in [-0.2, 0) is 14.1 Å². The number of nitrogens with one attached hydrogen (secondary N) is 1. The molecule has 136 valence electrons. The van der Waals surface area contributed by atoms with Gasteiger partial charge in [-0.25, -0.2) is 4.39 Å². The number of hydrogen-bond acceptors (Lipinski definition) is 4. The highest BCUT2D eigenvalue weighted by molar-refractivity contribution is 6.56. The molecule has 1 aromatic carbocycles. The van der Waals surface area contributed by atoms with Gasteiger partial charge in [0.15, 0.2) is 11.6 Å². The van der Waals surface area contributed by atoms with Crippen LogP contribution in [0.15, 0.2) is 17.6 Å². The Labute approximate surface area is 152 Å². The minimum atomic E-state index is -0.827. The molecule has 0 atom stereocenters. The third kappa shape index (κ3) is 4.34. The van der Waals surface area contributed by atoms with Gasteiger partial charge in [-0.3, -0.25) is 4.79 Å². The lowest BCUT2D eigenvalue weighted by atomic mass is 9.77. The summed E-state index contributed by atoms with van der Waals surface area (Å²) in [7, 11) is -0.752. The van der Waals surface area contributed by atoms with E-state index in [-0.39, 0.29) is 23.0 Å². The van der Waals surface area contributed by atoms with E-state index in [2.05, 4.69) is 5.32 Å². The number of rotatable bonds is 4. The first kappa shape index (κ1) is 19.8. The van der Waals surface area contributed by atoms with Crippen molar-refractivity contribution in [3.05, 3.63) is 34.0 Å². The molecule has 1 fully saturated rings. The van der Waals surface area contributed by atoms with Crippen molar-refractivity contribution in [1.82, 2.24) is 5.32 Å². The fourth-order valence-corrected chi connectivity index (χ4v) is 2.53. The topological polar surface area (TPSA) is 67.8 Å². The molecule has 1 aliphatic heterocycles. The lowest BCUT2D eigenvalue weighted by molar-refractivity contribution is -0.118. The second kappa shape index (κ2) is 6.98. The number of amides is 1. The van der Waals surface area contributed by atoms with E-state index in [0.29, 0.717) is 5.47 Å². The van der Waals surface area contributed by atoms with Gasteiger partial charge >= 0.3 is 7.12 Å². The van der Waals surface area contributed by atoms with E-state index in [9.17, 15) is 14.3 Å². The Hall–Kier alpha value is -1.57. The molecule has 0 aromatic heterocycles. The molecule has 1 aromatic rings. The number of benzene rings is 1. The van der Waals surface area contributed by atoms with Gasteiger partial charge in [0.1, 0.15) is 0 Å². The van der Waals surface area contributed by atoms with E-state index in [4.69, 9.17) is 20.9 Å². The smallest absolute Gasteiger partial charge is 0.492 e. The Bertz CT molecular complexity index is 705. The quantitative estimate of drug-likeness (QED) is 0.799. The van der Waals surface area contributed by atoms with Crippen molar-refractivity contribution in [3.63, 3.8) is 0 Å². The van der Waals surface area contributed by atoms with Gasteiger partial charge < -0.3 is 19.7 Å². The molecule has 1 aliphatic rings. The molecule has 0 aliphatic carbocycles. The molecule has 0 bridgehead atoms. The van der Waals surface area contributed by atoms with Crippen molar-refractivity contribution in [1.29, 1.82) is 0 Å². The van der Waals surface area contributed by atoms with Crippen LogP contribution in [-0.4, -0.2) is 35.9 Å². The van der Waals surface area contributed by atoms with Crippen molar-refractivity contribution < 1.29 is 23.6 Å². The Kier molecular flexibility index (Phi) is 5.51. The fourth-order valence-electron chi connectivity index (χ4n) is 2.32. The van der Waals surface area contributed by atoms with Gasteiger partial charge in [0.2, 0.25) is 5.91 Å². The minimum absolute atomic E-state index is 0.125. The summed E-state index contributed by atoms with van der Waals surface area (Å²) in [6, 6.07) is 2.45. The average molecular weight is 370 g/mol. The average Bonchev–Trinajstić information content (AvgIpc) is 2.68. The Morgan fingerprint density at radius 1 is 1.32 bits per heavy atom. The summed E-state index contributed by atoms with van der Waals surface area (Å²) in [5.41, 5.74) is -0.436. The minimum Gasteiger partial charge on any atom is -0.504 e. The zero-order chi connectivity index (χ0) is 19.0. The van der Waals surface area contributed by atoms with Gasteiger partial charge in [0.25, 0.3) is 0 Å². The van der Waals surface area contributed by atoms with Crippen molar-refractivity contribution in [3.8, 4) is 5.75 Å². The van der Waals surface area contributed by atoms with Gasteiger partial charge in [0.05, 0.1) is 11.2 Å². The van der Waals surface area contributed by atoms with E-state index in [0.717, 1.165) is 6.07 Å².